The van der Waals surface area contributed by atoms with Crippen LogP contribution in [0.5, 0.6) is 0 Å². The van der Waals surface area contributed by atoms with Crippen molar-refractivity contribution in [2.24, 2.45) is 0 Å². The Hall–Kier alpha value is -3.34. The topological polar surface area (TPSA) is 108 Å². The summed E-state index contributed by atoms with van der Waals surface area (Å²) in [6.45, 7) is 13.8. The van der Waals surface area contributed by atoms with Crippen molar-refractivity contribution in [3.05, 3.63) is 52.6 Å². The summed E-state index contributed by atoms with van der Waals surface area (Å²) in [5, 5.41) is 13.9. The average Bonchev–Trinajstić information content (AvgIpc) is 3.41. The van der Waals surface area contributed by atoms with E-state index in [9.17, 15) is 18.4 Å². The highest BCUT2D eigenvalue weighted by Crippen LogP contribution is 2.36. The van der Waals surface area contributed by atoms with Crippen LogP contribution in [0.25, 0.3) is 10.9 Å². The maximum Gasteiger partial charge on any atom is 0.282 e. The standard InChI is InChI=1S/C26H34B2ClF2N7O2/c1-7-18(39)37-10-13(11-37)32-23(40)20-19(21(30)31)33-24(38(20)12(2)3)26(27,28)34-22-14-8-15(25(4,5)6)16(29)9-17(14)35-36-22/h7-9,12-13,21H,1,10-11,27-28H2,2-6H3,(H,32,40)(H2,34,35,36). The smallest absolute Gasteiger partial charge is 0.282 e. The maximum absolute atomic E-state index is 14.3. The van der Waals surface area contributed by atoms with Crippen LogP contribution in [0.1, 0.15) is 74.7 Å². The Bertz CT molecular complexity index is 1470. The number of likely N-dealkylation sites (tertiary alicyclic amines) is 1. The number of fused-ring (bicyclic) bond motifs is 1. The molecule has 3 aromatic rings. The van der Waals surface area contributed by atoms with Crippen LogP contribution < -0.4 is 10.6 Å². The molecule has 1 saturated heterocycles. The number of hydrogen-bond donors (Lipinski definition) is 3. The predicted molar refractivity (Wildman–Crippen MR) is 158 cm³/mol. The molecule has 0 bridgehead atoms. The number of alkyl halides is 2. The largest absolute Gasteiger partial charge is 0.371 e. The van der Waals surface area contributed by atoms with E-state index in [-0.39, 0.29) is 48.0 Å². The summed E-state index contributed by atoms with van der Waals surface area (Å²) in [5.41, 5.74) is 0.658. The van der Waals surface area contributed by atoms with E-state index in [0.29, 0.717) is 10.8 Å². The van der Waals surface area contributed by atoms with Crippen LogP contribution >= 0.6 is 11.6 Å². The Kier molecular flexibility index (Phi) is 7.83. The lowest BCUT2D eigenvalue weighted by Gasteiger charge is -2.39. The summed E-state index contributed by atoms with van der Waals surface area (Å²) in [4.78, 5) is 30.9. The minimum atomic E-state index is -2.97. The monoisotopic (exact) mass is 571 g/mol. The number of aromatic amines is 1. The van der Waals surface area contributed by atoms with Gasteiger partial charge in [-0.05, 0) is 43.0 Å². The molecule has 2 aromatic heterocycles. The Morgan fingerprint density at radius 1 is 1.25 bits per heavy atom. The van der Waals surface area contributed by atoms with Crippen molar-refractivity contribution >= 4 is 55.8 Å². The SMILES string of the molecule is BC(B)(Nc1n[nH]c2cc(Cl)c(C(C)(C)C)cc12)c1nc(C(F)F)c(C(=O)NC2CN(C(=O)C=C)C2)n1C(C)C. The first-order valence-corrected chi connectivity index (χ1v) is 13.5. The molecule has 212 valence electrons. The Balaban J connectivity index is 1.71. The Labute approximate surface area is 238 Å². The van der Waals surface area contributed by atoms with Crippen LogP contribution in [0.2, 0.25) is 5.02 Å². The van der Waals surface area contributed by atoms with E-state index in [4.69, 9.17) is 11.6 Å². The van der Waals surface area contributed by atoms with Crippen molar-refractivity contribution in [2.45, 2.75) is 63.9 Å². The molecule has 0 saturated carbocycles. The molecule has 1 aromatic carbocycles. The van der Waals surface area contributed by atoms with Gasteiger partial charge >= 0.3 is 0 Å². The van der Waals surface area contributed by atoms with Crippen molar-refractivity contribution in [1.29, 1.82) is 0 Å². The number of aromatic nitrogens is 4. The molecule has 0 spiro atoms. The molecule has 0 aliphatic carbocycles. The zero-order valence-electron chi connectivity index (χ0n) is 23.8. The highest BCUT2D eigenvalue weighted by Gasteiger charge is 2.38. The van der Waals surface area contributed by atoms with Crippen LogP contribution in [0.15, 0.2) is 24.8 Å². The fourth-order valence-electron chi connectivity index (χ4n) is 4.96. The molecule has 9 nitrogen and oxygen atoms in total. The summed E-state index contributed by atoms with van der Waals surface area (Å²) in [6.07, 6.45) is -1.78. The van der Waals surface area contributed by atoms with Crippen LogP contribution in [0.3, 0.4) is 0 Å². The summed E-state index contributed by atoms with van der Waals surface area (Å²) in [6, 6.07) is 3.07. The molecule has 3 N–H and O–H groups in total. The zero-order chi connectivity index (χ0) is 29.7. The number of halogens is 3. The second-order valence-electron chi connectivity index (χ2n) is 12.0. The first-order valence-electron chi connectivity index (χ1n) is 13.1. The number of nitrogens with zero attached hydrogens (tertiary/aromatic N) is 4. The molecule has 40 heavy (non-hydrogen) atoms. The van der Waals surface area contributed by atoms with Gasteiger partial charge < -0.3 is 20.1 Å². The summed E-state index contributed by atoms with van der Waals surface area (Å²) < 4.78 is 30.1. The molecule has 1 aliphatic heterocycles. The van der Waals surface area contributed by atoms with Gasteiger partial charge in [-0.2, -0.15) is 5.10 Å². The number of benzene rings is 1. The molecule has 4 rings (SSSR count). The Morgan fingerprint density at radius 2 is 1.90 bits per heavy atom. The number of rotatable bonds is 8. The predicted octanol–water partition coefficient (Wildman–Crippen LogP) is 2.84. The van der Waals surface area contributed by atoms with E-state index in [1.807, 2.05) is 26.0 Å². The molecule has 3 heterocycles. The number of H-pyrrole nitrogens is 1. The quantitative estimate of drug-likeness (QED) is 0.285. The molecule has 0 unspecified atom stereocenters. The summed E-state index contributed by atoms with van der Waals surface area (Å²) in [7, 11) is 3.61. The normalized spacial score (nSPS) is 14.6. The van der Waals surface area contributed by atoms with Crippen LogP contribution in [0, 0.1) is 0 Å². The van der Waals surface area contributed by atoms with E-state index in [1.54, 1.807) is 20.3 Å². The second kappa shape index (κ2) is 10.6. The van der Waals surface area contributed by atoms with Gasteiger partial charge in [-0.25, -0.2) is 13.8 Å². The van der Waals surface area contributed by atoms with Gasteiger partial charge in [0, 0.05) is 34.9 Å². The van der Waals surface area contributed by atoms with Gasteiger partial charge in [-0.3, -0.25) is 14.7 Å². The number of nitrogens with one attached hydrogen (secondary N) is 3. The first kappa shape index (κ1) is 29.6. The van der Waals surface area contributed by atoms with E-state index < -0.39 is 23.4 Å². The third-order valence-corrected chi connectivity index (χ3v) is 7.34. The number of anilines is 1. The van der Waals surface area contributed by atoms with Crippen LogP contribution in [-0.4, -0.2) is 71.3 Å². The summed E-state index contributed by atoms with van der Waals surface area (Å²) in [5.74, 6) is -0.138. The fraction of sp³-hybridized carbons (Fsp3) is 0.462. The lowest BCUT2D eigenvalue weighted by molar-refractivity contribution is -0.130. The number of carbonyl (C=O) groups is 2. The minimum absolute atomic E-state index is 0.197. The number of carbonyl (C=O) groups excluding carboxylic acids is 2. The zero-order valence-corrected chi connectivity index (χ0v) is 24.6. The number of imidazole rings is 1. The van der Waals surface area contributed by atoms with Gasteiger partial charge in [0.1, 0.15) is 32.9 Å². The third kappa shape index (κ3) is 5.48. The molecule has 1 fully saturated rings. The van der Waals surface area contributed by atoms with Gasteiger partial charge in [0.05, 0.1) is 11.6 Å². The lowest BCUT2D eigenvalue weighted by Crippen LogP contribution is -2.60. The van der Waals surface area contributed by atoms with Gasteiger partial charge in [0.25, 0.3) is 12.3 Å². The van der Waals surface area contributed by atoms with Crippen molar-refractivity contribution in [3.63, 3.8) is 0 Å². The minimum Gasteiger partial charge on any atom is -0.371 e. The van der Waals surface area contributed by atoms with Crippen molar-refractivity contribution in [1.82, 2.24) is 30.0 Å². The first-order chi connectivity index (χ1) is 18.5. The van der Waals surface area contributed by atoms with Crippen molar-refractivity contribution in [3.8, 4) is 0 Å². The molecule has 0 radical (unpaired) electrons. The highest BCUT2D eigenvalue weighted by atomic mass is 35.5. The molecule has 2 amide bonds. The van der Waals surface area contributed by atoms with E-state index in [0.717, 1.165) is 16.5 Å². The van der Waals surface area contributed by atoms with Crippen LogP contribution in [-0.2, 0) is 15.5 Å². The number of hydrogen-bond acceptors (Lipinski definition) is 5. The van der Waals surface area contributed by atoms with E-state index in [2.05, 4.69) is 53.2 Å². The molecule has 14 heteroatoms. The van der Waals surface area contributed by atoms with Gasteiger partial charge in [0.2, 0.25) is 5.91 Å². The third-order valence-electron chi connectivity index (χ3n) is 7.03. The summed E-state index contributed by atoms with van der Waals surface area (Å²) >= 11 is 6.53. The maximum atomic E-state index is 14.3. The lowest BCUT2D eigenvalue weighted by atomic mass is 9.61. The molecular formula is C26H34B2ClF2N7O2. The average molecular weight is 572 g/mol. The van der Waals surface area contributed by atoms with Crippen molar-refractivity contribution in [2.75, 3.05) is 18.4 Å². The highest BCUT2D eigenvalue weighted by molar-refractivity contribution is 6.41. The van der Waals surface area contributed by atoms with Crippen molar-refractivity contribution < 1.29 is 18.4 Å². The van der Waals surface area contributed by atoms with Crippen LogP contribution in [0.4, 0.5) is 14.6 Å². The molecule has 0 atom stereocenters. The van der Waals surface area contributed by atoms with E-state index in [1.165, 1.54) is 11.0 Å². The van der Waals surface area contributed by atoms with Gasteiger partial charge in [0.15, 0.2) is 5.82 Å². The fourth-order valence-corrected chi connectivity index (χ4v) is 5.41. The van der Waals surface area contributed by atoms with E-state index >= 15 is 0 Å². The van der Waals surface area contributed by atoms with Gasteiger partial charge in [-0.1, -0.05) is 39.0 Å². The molecule has 1 aliphatic rings. The molecular weight excluding hydrogens is 537 g/mol. The van der Waals surface area contributed by atoms with Gasteiger partial charge in [-0.15, -0.1) is 0 Å². The Morgan fingerprint density at radius 3 is 2.45 bits per heavy atom. The second-order valence-corrected chi connectivity index (χ2v) is 12.4. The number of amides is 2.